The molecule has 0 aromatic heterocycles. The molecule has 3 aromatic rings. The summed E-state index contributed by atoms with van der Waals surface area (Å²) in [6, 6.07) is 24.8. The Morgan fingerprint density at radius 1 is 0.812 bits per heavy atom. The molecule has 11 heteroatoms. The first-order valence-electron chi connectivity index (χ1n) is 15.9. The van der Waals surface area contributed by atoms with Crippen molar-refractivity contribution in [2.75, 3.05) is 6.61 Å². The molecule has 1 fully saturated rings. The average molecular weight is 695 g/mol. The van der Waals surface area contributed by atoms with E-state index >= 15 is 0 Å². The second-order valence-corrected chi connectivity index (χ2v) is 19.7. The molecule has 0 saturated carbocycles. The number of carbonyl (C=O) groups is 3. The highest BCUT2D eigenvalue weighted by atomic mass is 32.2. The molecule has 4 rings (SSSR count). The lowest BCUT2D eigenvalue weighted by Gasteiger charge is -2.48. The van der Waals surface area contributed by atoms with Crippen LogP contribution in [0.3, 0.4) is 0 Å². The predicted molar refractivity (Wildman–Crippen MR) is 186 cm³/mol. The molecule has 0 amide bonds. The normalized spacial score (nSPS) is 20.5. The summed E-state index contributed by atoms with van der Waals surface area (Å²) in [5.74, 6) is -1.86. The Hall–Kier alpha value is -3.48. The van der Waals surface area contributed by atoms with Crippen molar-refractivity contribution in [1.82, 2.24) is 0 Å². The highest BCUT2D eigenvalue weighted by Gasteiger charge is 2.62. The Morgan fingerprint density at radius 2 is 1.33 bits per heavy atom. The van der Waals surface area contributed by atoms with E-state index in [1.54, 1.807) is 60.7 Å². The number of benzene rings is 3. The minimum atomic E-state index is -3.77. The van der Waals surface area contributed by atoms with Gasteiger partial charge in [0.05, 0.1) is 11.1 Å². The van der Waals surface area contributed by atoms with Gasteiger partial charge >= 0.3 is 26.5 Å². The van der Waals surface area contributed by atoms with Crippen molar-refractivity contribution in [3.63, 3.8) is 0 Å². The fourth-order valence-electron chi connectivity index (χ4n) is 5.72. The number of aryl methyl sites for hydroxylation is 1. The Labute approximate surface area is 288 Å². The number of hydrogen-bond donors (Lipinski definition) is 1. The molecule has 5 atom stereocenters. The third-order valence-corrected chi connectivity index (χ3v) is 14.0. The van der Waals surface area contributed by atoms with E-state index < -0.39 is 66.4 Å². The minimum Gasteiger partial charge on any atom is -0.458 e. The molecular weight excluding hydrogens is 649 g/mol. The quantitative estimate of drug-likeness (QED) is 0.125. The van der Waals surface area contributed by atoms with Gasteiger partial charge in [-0.2, -0.15) is 0 Å². The first-order chi connectivity index (χ1) is 22.5. The molecule has 1 aliphatic heterocycles. The smallest absolute Gasteiger partial charge is 0.347 e. The highest BCUT2D eigenvalue weighted by molar-refractivity contribution is 7.99. The summed E-state index contributed by atoms with van der Waals surface area (Å²) in [4.78, 5) is 52.4. The van der Waals surface area contributed by atoms with Crippen LogP contribution in [0.5, 0.6) is 0 Å². The molecule has 0 aliphatic carbocycles. The fraction of sp³-hybridized carbons (Fsp3) is 0.432. The zero-order valence-electron chi connectivity index (χ0n) is 28.8. The van der Waals surface area contributed by atoms with Crippen LogP contribution < -0.4 is 0 Å². The van der Waals surface area contributed by atoms with Crippen molar-refractivity contribution in [1.29, 1.82) is 0 Å². The summed E-state index contributed by atoms with van der Waals surface area (Å²) < 4.78 is 31.1. The van der Waals surface area contributed by atoms with Crippen LogP contribution in [0.15, 0.2) is 89.8 Å². The van der Waals surface area contributed by atoms with Crippen molar-refractivity contribution in [2.45, 2.75) is 100 Å². The largest absolute Gasteiger partial charge is 0.458 e. The van der Waals surface area contributed by atoms with Gasteiger partial charge in [-0.15, -0.1) is 0 Å². The summed E-state index contributed by atoms with van der Waals surface area (Å²) in [6.45, 7) is 14.3. The van der Waals surface area contributed by atoms with E-state index in [1.165, 1.54) is 18.7 Å². The molecule has 9 nitrogen and oxygen atoms in total. The monoisotopic (exact) mass is 694 g/mol. The van der Waals surface area contributed by atoms with Crippen LogP contribution >= 0.6 is 11.8 Å². The zero-order valence-corrected chi connectivity index (χ0v) is 30.6. The van der Waals surface area contributed by atoms with Crippen LogP contribution in [0.4, 0.5) is 0 Å². The van der Waals surface area contributed by atoms with Crippen molar-refractivity contribution in [3.05, 3.63) is 102 Å². The third-order valence-electron chi connectivity index (χ3n) is 8.14. The minimum absolute atomic E-state index is 0.323. The molecule has 48 heavy (non-hydrogen) atoms. The topological polar surface area (TPSA) is 118 Å². The van der Waals surface area contributed by atoms with Crippen LogP contribution in [0.2, 0.25) is 10.1 Å². The van der Waals surface area contributed by atoms with Gasteiger partial charge in [0, 0.05) is 21.9 Å². The van der Waals surface area contributed by atoms with E-state index in [9.17, 15) is 19.2 Å². The zero-order chi connectivity index (χ0) is 35.3. The molecular formula is C37H46O9SSi. The molecule has 0 unspecified atom stereocenters. The van der Waals surface area contributed by atoms with Crippen molar-refractivity contribution < 1.29 is 42.6 Å². The first kappa shape index (κ1) is 37.3. The lowest BCUT2D eigenvalue weighted by Crippen LogP contribution is -2.60. The number of rotatable bonds is 11. The van der Waals surface area contributed by atoms with Crippen molar-refractivity contribution in [3.8, 4) is 0 Å². The number of carbonyl (C=O) groups excluding carboxylic acids is 3. The molecule has 0 radical (unpaired) electrons. The number of thioether (sulfide) groups is 1. The molecule has 1 heterocycles. The molecule has 0 spiro atoms. The van der Waals surface area contributed by atoms with E-state index in [0.29, 0.717) is 11.1 Å². The van der Waals surface area contributed by atoms with Gasteiger partial charge in [-0.1, -0.05) is 107 Å². The van der Waals surface area contributed by atoms with Crippen LogP contribution in [-0.2, 0) is 28.2 Å². The van der Waals surface area contributed by atoms with Gasteiger partial charge in [0.25, 0.3) is 0 Å². The standard InChI is InChI=1S/C37H46O9SSi/c1-24-19-21-28(22-20-24)47-35-32(44-34(40)27-17-13-10-14-18-27)31(46-48(41,36(3,4)5)37(6,7)8)30(45-35)29(43-25(2)38)23-42-33(39)26-15-11-9-12-16-26/h9-22,29-32,35,41H,23H2,1-8H3/t29-,30+,31+,32-,35+/m1/s1. The Balaban J connectivity index is 1.80. The van der Waals surface area contributed by atoms with E-state index in [2.05, 4.69) is 0 Å². The van der Waals surface area contributed by atoms with E-state index in [4.69, 9.17) is 23.4 Å². The lowest BCUT2D eigenvalue weighted by molar-refractivity contribution is -0.160. The summed E-state index contributed by atoms with van der Waals surface area (Å²) in [5, 5.41) is -1.41. The third kappa shape index (κ3) is 8.94. The Bertz CT molecular complexity index is 1520. The Kier molecular flexibility index (Phi) is 12.0. The second-order valence-electron chi connectivity index (χ2n) is 14.0. The molecule has 1 saturated heterocycles. The maximum absolute atomic E-state index is 13.6. The van der Waals surface area contributed by atoms with E-state index in [1.807, 2.05) is 72.7 Å². The molecule has 0 bridgehead atoms. The molecule has 1 aliphatic rings. The van der Waals surface area contributed by atoms with Crippen LogP contribution in [0.1, 0.15) is 74.7 Å². The number of hydrogen-bond acceptors (Lipinski definition) is 10. The van der Waals surface area contributed by atoms with Gasteiger partial charge in [0.2, 0.25) is 0 Å². The van der Waals surface area contributed by atoms with Gasteiger partial charge < -0.3 is 28.2 Å². The van der Waals surface area contributed by atoms with Crippen LogP contribution in [0, 0.1) is 6.92 Å². The summed E-state index contributed by atoms with van der Waals surface area (Å²) >= 11 is 1.32. The molecule has 258 valence electrons. The fourth-order valence-corrected chi connectivity index (χ4v) is 10.4. The average Bonchev–Trinajstić information content (AvgIpc) is 3.35. The maximum Gasteiger partial charge on any atom is 0.347 e. The second kappa shape index (κ2) is 15.4. The van der Waals surface area contributed by atoms with E-state index in [-0.39, 0.29) is 6.61 Å². The van der Waals surface area contributed by atoms with E-state index in [0.717, 1.165) is 10.5 Å². The first-order valence-corrected chi connectivity index (χ1v) is 18.7. The van der Waals surface area contributed by atoms with Crippen LogP contribution in [0.25, 0.3) is 0 Å². The number of esters is 3. The van der Waals surface area contributed by atoms with Gasteiger partial charge in [-0.05, 0) is 43.3 Å². The maximum atomic E-state index is 13.6. The lowest BCUT2D eigenvalue weighted by atomic mass is 10.1. The van der Waals surface area contributed by atoms with Gasteiger partial charge in [-0.3, -0.25) is 4.79 Å². The summed E-state index contributed by atoms with van der Waals surface area (Å²) in [6.07, 6.45) is -4.45. The Morgan fingerprint density at radius 3 is 1.83 bits per heavy atom. The molecule has 3 aromatic carbocycles. The summed E-state index contributed by atoms with van der Waals surface area (Å²) in [7, 11) is -3.77. The highest BCUT2D eigenvalue weighted by Crippen LogP contribution is 2.52. The summed E-state index contributed by atoms with van der Waals surface area (Å²) in [5.41, 5.74) is 0.867. The van der Waals surface area contributed by atoms with Gasteiger partial charge in [-0.25, -0.2) is 9.59 Å². The molecule has 1 N–H and O–H groups in total. The van der Waals surface area contributed by atoms with Gasteiger partial charge in [0.15, 0.2) is 12.2 Å². The van der Waals surface area contributed by atoms with Crippen molar-refractivity contribution >= 4 is 38.2 Å². The number of ether oxygens (including phenoxy) is 4. The van der Waals surface area contributed by atoms with Gasteiger partial charge in [0.1, 0.15) is 24.3 Å². The SMILES string of the molecule is CC(=O)O[C@H](COC(=O)c1ccccc1)[C@@H]1O[C@@H](Sc2ccc(C)cc2)[C@H](OC(=O)c2ccccc2)[C@H]1O[Si](O)(C(C)(C)C)C(C)(C)C. The van der Waals surface area contributed by atoms with Crippen molar-refractivity contribution in [2.24, 2.45) is 0 Å². The predicted octanol–water partition coefficient (Wildman–Crippen LogP) is 7.25. The van der Waals surface area contributed by atoms with Crippen LogP contribution in [-0.4, -0.2) is 67.7 Å².